The quantitative estimate of drug-likeness (QED) is 0.573. The molecule has 4 rings (SSSR count). The summed E-state index contributed by atoms with van der Waals surface area (Å²) in [6.07, 6.45) is 1.49. The van der Waals surface area contributed by atoms with Crippen molar-refractivity contribution in [1.29, 1.82) is 0 Å². The molecule has 2 aromatic heterocycles. The predicted molar refractivity (Wildman–Crippen MR) is 91.7 cm³/mol. The highest BCUT2D eigenvalue weighted by Gasteiger charge is 2.15. The third-order valence-electron chi connectivity index (χ3n) is 3.70. The first-order valence-corrected chi connectivity index (χ1v) is 7.84. The van der Waals surface area contributed by atoms with Crippen LogP contribution in [0.4, 0.5) is 14.5 Å². The van der Waals surface area contributed by atoms with Crippen LogP contribution in [-0.4, -0.2) is 16.1 Å². The van der Waals surface area contributed by atoms with E-state index in [0.717, 1.165) is 18.2 Å². The Morgan fingerprint density at radius 3 is 2.63 bits per heavy atom. The summed E-state index contributed by atoms with van der Waals surface area (Å²) in [7, 11) is 0. The Bertz CT molecular complexity index is 1110. The highest BCUT2D eigenvalue weighted by Crippen LogP contribution is 2.26. The Hall–Kier alpha value is -3.81. The molecule has 2 heterocycles. The Kier molecular flexibility index (Phi) is 4.21. The molecule has 0 unspecified atom stereocenters. The zero-order chi connectivity index (χ0) is 18.8. The van der Waals surface area contributed by atoms with Crippen LogP contribution in [0.1, 0.15) is 10.4 Å². The number of carbonyl (C=O) groups is 1. The van der Waals surface area contributed by atoms with E-state index < -0.39 is 23.1 Å². The Balaban J connectivity index is 1.58. The molecule has 0 saturated heterocycles. The standard InChI is InChI=1S/C19H11F2N3O3/c20-12-6-7-15(21)14(10-12)17(25)22-13-4-1-3-11(9-13)18-23-24-19(27-18)16-5-2-8-26-16/h1-10H,(H,22,25). The summed E-state index contributed by atoms with van der Waals surface area (Å²) in [6, 6.07) is 12.6. The van der Waals surface area contributed by atoms with Crippen LogP contribution < -0.4 is 5.32 Å². The second kappa shape index (κ2) is 6.83. The van der Waals surface area contributed by atoms with E-state index in [9.17, 15) is 13.6 Å². The highest BCUT2D eigenvalue weighted by atomic mass is 19.1. The number of nitrogens with zero attached hydrogens (tertiary/aromatic N) is 2. The first-order valence-electron chi connectivity index (χ1n) is 7.84. The topological polar surface area (TPSA) is 81.2 Å². The maximum Gasteiger partial charge on any atom is 0.283 e. The van der Waals surface area contributed by atoms with Gasteiger partial charge < -0.3 is 14.2 Å². The zero-order valence-electron chi connectivity index (χ0n) is 13.6. The van der Waals surface area contributed by atoms with Crippen molar-refractivity contribution in [3.8, 4) is 23.1 Å². The molecule has 1 N–H and O–H groups in total. The van der Waals surface area contributed by atoms with Gasteiger partial charge >= 0.3 is 0 Å². The van der Waals surface area contributed by atoms with Gasteiger partial charge in [0.1, 0.15) is 11.6 Å². The molecule has 134 valence electrons. The molecule has 6 nitrogen and oxygen atoms in total. The summed E-state index contributed by atoms with van der Waals surface area (Å²) in [5.74, 6) is -1.43. The molecule has 0 fully saturated rings. The van der Waals surface area contributed by atoms with Crippen molar-refractivity contribution in [1.82, 2.24) is 10.2 Å². The lowest BCUT2D eigenvalue weighted by Crippen LogP contribution is -2.14. The van der Waals surface area contributed by atoms with Crippen LogP contribution in [-0.2, 0) is 0 Å². The van der Waals surface area contributed by atoms with E-state index in [1.54, 1.807) is 36.4 Å². The van der Waals surface area contributed by atoms with Gasteiger partial charge in [-0.15, -0.1) is 10.2 Å². The molecule has 27 heavy (non-hydrogen) atoms. The molecule has 8 heteroatoms. The maximum atomic E-state index is 13.7. The molecule has 0 bridgehead atoms. The lowest BCUT2D eigenvalue weighted by Gasteiger charge is -2.07. The van der Waals surface area contributed by atoms with Gasteiger partial charge in [0.25, 0.3) is 11.8 Å². The predicted octanol–water partition coefficient (Wildman–Crippen LogP) is 4.53. The summed E-state index contributed by atoms with van der Waals surface area (Å²) in [6.45, 7) is 0. The average molecular weight is 367 g/mol. The molecule has 0 radical (unpaired) electrons. The number of hydrogen-bond acceptors (Lipinski definition) is 5. The van der Waals surface area contributed by atoms with Gasteiger partial charge in [-0.05, 0) is 48.5 Å². The Morgan fingerprint density at radius 2 is 1.81 bits per heavy atom. The summed E-state index contributed by atoms with van der Waals surface area (Å²) < 4.78 is 37.8. The minimum absolute atomic E-state index is 0.214. The second-order valence-electron chi connectivity index (χ2n) is 5.55. The molecule has 0 aliphatic heterocycles. The van der Waals surface area contributed by atoms with Crippen molar-refractivity contribution >= 4 is 11.6 Å². The number of furan rings is 1. The van der Waals surface area contributed by atoms with Crippen LogP contribution in [0.3, 0.4) is 0 Å². The lowest BCUT2D eigenvalue weighted by atomic mass is 10.1. The third-order valence-corrected chi connectivity index (χ3v) is 3.70. The van der Waals surface area contributed by atoms with Crippen molar-refractivity contribution < 1.29 is 22.4 Å². The number of amides is 1. The van der Waals surface area contributed by atoms with Gasteiger partial charge in [0, 0.05) is 11.3 Å². The number of hydrogen-bond donors (Lipinski definition) is 1. The fourth-order valence-corrected chi connectivity index (χ4v) is 2.44. The molecule has 0 spiro atoms. The third kappa shape index (κ3) is 3.45. The molecular formula is C19H11F2N3O3. The SMILES string of the molecule is O=C(Nc1cccc(-c2nnc(-c3ccco3)o2)c1)c1cc(F)ccc1F. The smallest absolute Gasteiger partial charge is 0.283 e. The van der Waals surface area contributed by atoms with Gasteiger partial charge in [-0.1, -0.05) is 6.07 Å². The largest absolute Gasteiger partial charge is 0.459 e. The first-order chi connectivity index (χ1) is 13.1. The van der Waals surface area contributed by atoms with Gasteiger partial charge in [-0.2, -0.15) is 0 Å². The van der Waals surface area contributed by atoms with Crippen LogP contribution in [0.25, 0.3) is 23.1 Å². The molecule has 1 amide bonds. The monoisotopic (exact) mass is 367 g/mol. The summed E-state index contributed by atoms with van der Waals surface area (Å²) >= 11 is 0. The van der Waals surface area contributed by atoms with Crippen molar-refractivity contribution in [3.05, 3.63) is 78.1 Å². The number of aromatic nitrogens is 2. The number of anilines is 1. The number of benzene rings is 2. The van der Waals surface area contributed by atoms with E-state index in [0.29, 0.717) is 17.0 Å². The fraction of sp³-hybridized carbons (Fsp3) is 0. The minimum atomic E-state index is -0.815. The van der Waals surface area contributed by atoms with Crippen molar-refractivity contribution in [2.24, 2.45) is 0 Å². The van der Waals surface area contributed by atoms with Gasteiger partial charge in [-0.3, -0.25) is 4.79 Å². The fourth-order valence-electron chi connectivity index (χ4n) is 2.44. The first kappa shape index (κ1) is 16.6. The van der Waals surface area contributed by atoms with E-state index in [1.165, 1.54) is 6.26 Å². The second-order valence-corrected chi connectivity index (χ2v) is 5.55. The number of halogens is 2. The van der Waals surface area contributed by atoms with Crippen molar-refractivity contribution in [2.45, 2.75) is 0 Å². The molecular weight excluding hydrogens is 356 g/mol. The van der Waals surface area contributed by atoms with Gasteiger partial charge in [0.15, 0.2) is 5.76 Å². The summed E-state index contributed by atoms with van der Waals surface area (Å²) in [5, 5.41) is 10.4. The molecule has 0 saturated carbocycles. The Morgan fingerprint density at radius 1 is 0.963 bits per heavy atom. The average Bonchev–Trinajstić information content (AvgIpc) is 3.35. The van der Waals surface area contributed by atoms with Gasteiger partial charge in [0.05, 0.1) is 11.8 Å². The zero-order valence-corrected chi connectivity index (χ0v) is 13.6. The van der Waals surface area contributed by atoms with Gasteiger partial charge in [0.2, 0.25) is 5.89 Å². The van der Waals surface area contributed by atoms with E-state index in [4.69, 9.17) is 8.83 Å². The number of rotatable bonds is 4. The van der Waals surface area contributed by atoms with Crippen LogP contribution >= 0.6 is 0 Å². The highest BCUT2D eigenvalue weighted by molar-refractivity contribution is 6.04. The molecule has 4 aromatic rings. The summed E-state index contributed by atoms with van der Waals surface area (Å²) in [5.41, 5.74) is 0.509. The van der Waals surface area contributed by atoms with E-state index in [2.05, 4.69) is 15.5 Å². The van der Waals surface area contributed by atoms with Crippen LogP contribution in [0.2, 0.25) is 0 Å². The van der Waals surface area contributed by atoms with Crippen LogP contribution in [0.5, 0.6) is 0 Å². The van der Waals surface area contributed by atoms with Crippen molar-refractivity contribution in [3.63, 3.8) is 0 Å². The van der Waals surface area contributed by atoms with E-state index in [1.807, 2.05) is 0 Å². The number of carbonyl (C=O) groups excluding carboxylic acids is 1. The van der Waals surface area contributed by atoms with Gasteiger partial charge in [-0.25, -0.2) is 8.78 Å². The lowest BCUT2D eigenvalue weighted by molar-refractivity contribution is 0.102. The summed E-state index contributed by atoms with van der Waals surface area (Å²) in [4.78, 5) is 12.2. The molecule has 0 atom stereocenters. The Labute approximate surface area is 151 Å². The van der Waals surface area contributed by atoms with Crippen LogP contribution in [0, 0.1) is 11.6 Å². The van der Waals surface area contributed by atoms with E-state index in [-0.39, 0.29) is 11.8 Å². The van der Waals surface area contributed by atoms with E-state index >= 15 is 0 Å². The van der Waals surface area contributed by atoms with Crippen LogP contribution in [0.15, 0.2) is 69.7 Å². The maximum absolute atomic E-state index is 13.7. The minimum Gasteiger partial charge on any atom is -0.459 e. The van der Waals surface area contributed by atoms with Crippen molar-refractivity contribution in [2.75, 3.05) is 5.32 Å². The normalized spacial score (nSPS) is 10.7. The molecule has 2 aromatic carbocycles. The number of nitrogens with one attached hydrogen (secondary N) is 1. The molecule has 0 aliphatic carbocycles. The molecule has 0 aliphatic rings.